The highest BCUT2D eigenvalue weighted by Crippen LogP contribution is 2.38. The number of halogens is 2. The molecule has 0 bridgehead atoms. The van der Waals surface area contributed by atoms with Crippen molar-refractivity contribution < 1.29 is 34.0 Å². The number of carbonyl (C=O) groups is 1. The molecule has 0 aliphatic carbocycles. The van der Waals surface area contributed by atoms with Crippen LogP contribution in [0.2, 0.25) is 10.0 Å². The number of aromatic nitrogens is 2. The molecule has 14 heteroatoms. The molecular formula is C51H49Cl2N5O7. The van der Waals surface area contributed by atoms with E-state index in [0.717, 1.165) is 68.6 Å². The number of aliphatic carboxylic acids is 1. The first-order valence-electron chi connectivity index (χ1n) is 21.1. The van der Waals surface area contributed by atoms with Crippen molar-refractivity contribution in [2.45, 2.75) is 66.3 Å². The third-order valence-electron chi connectivity index (χ3n) is 11.4. The Hall–Kier alpha value is -6.49. The Balaban J connectivity index is 1.07. The summed E-state index contributed by atoms with van der Waals surface area (Å²) in [4.78, 5) is 26.4. The van der Waals surface area contributed by atoms with Crippen molar-refractivity contribution in [3.05, 3.63) is 163 Å². The van der Waals surface area contributed by atoms with Crippen molar-refractivity contribution in [2.24, 2.45) is 10.9 Å². The molecule has 4 aromatic carbocycles. The molecule has 1 aliphatic heterocycles. The van der Waals surface area contributed by atoms with Crippen LogP contribution in [-0.2, 0) is 44.4 Å². The van der Waals surface area contributed by atoms with E-state index in [2.05, 4.69) is 51.9 Å². The maximum atomic E-state index is 11.8. The number of carboxylic acid groups (broad SMARTS) is 1. The minimum absolute atomic E-state index is 0.154. The van der Waals surface area contributed by atoms with Crippen molar-refractivity contribution >= 4 is 35.4 Å². The molecule has 1 aliphatic rings. The lowest BCUT2D eigenvalue weighted by Gasteiger charge is -2.31. The van der Waals surface area contributed by atoms with Gasteiger partial charge in [-0.15, -0.1) is 0 Å². The van der Waals surface area contributed by atoms with Crippen LogP contribution in [0.5, 0.6) is 23.0 Å². The number of pyridine rings is 2. The number of hydrogen-bond donors (Lipinski definition) is 2. The lowest BCUT2D eigenvalue weighted by molar-refractivity contribution is -0.143. The molecule has 0 radical (unpaired) electrons. The topological polar surface area (TPSA) is 160 Å². The summed E-state index contributed by atoms with van der Waals surface area (Å²) in [7, 11) is 1.70. The highest BCUT2D eigenvalue weighted by molar-refractivity contribution is 6.32. The molecule has 0 spiro atoms. The zero-order chi connectivity index (χ0) is 45.9. The number of benzene rings is 4. The summed E-state index contributed by atoms with van der Waals surface area (Å²) >= 11 is 13.6. The molecule has 334 valence electrons. The van der Waals surface area contributed by atoms with Crippen molar-refractivity contribution in [1.29, 1.82) is 5.26 Å². The van der Waals surface area contributed by atoms with Crippen molar-refractivity contribution in [3.8, 4) is 40.2 Å². The van der Waals surface area contributed by atoms with E-state index in [1.165, 1.54) is 6.20 Å². The van der Waals surface area contributed by atoms with E-state index in [0.29, 0.717) is 63.7 Å². The number of carboxylic acids is 1. The van der Waals surface area contributed by atoms with Crippen molar-refractivity contribution in [3.63, 3.8) is 0 Å². The number of nitriles is 1. The first kappa shape index (κ1) is 46.5. The first-order valence-corrected chi connectivity index (χ1v) is 21.9. The molecule has 2 aromatic heterocycles. The summed E-state index contributed by atoms with van der Waals surface area (Å²) in [6.45, 7) is 6.34. The zero-order valence-corrected chi connectivity index (χ0v) is 37.9. The second kappa shape index (κ2) is 21.9. The Kier molecular flexibility index (Phi) is 15.7. The molecule has 1 saturated heterocycles. The number of piperidine rings is 1. The zero-order valence-electron chi connectivity index (χ0n) is 36.4. The highest BCUT2D eigenvalue weighted by atomic mass is 35.5. The van der Waals surface area contributed by atoms with Gasteiger partial charge in [0.25, 0.3) is 0 Å². The molecule has 3 heterocycles. The van der Waals surface area contributed by atoms with Gasteiger partial charge in [-0.3, -0.25) is 24.7 Å². The van der Waals surface area contributed by atoms with Crippen molar-refractivity contribution in [1.82, 2.24) is 14.9 Å². The van der Waals surface area contributed by atoms with Gasteiger partial charge < -0.3 is 29.2 Å². The lowest BCUT2D eigenvalue weighted by atomic mass is 9.92. The van der Waals surface area contributed by atoms with Gasteiger partial charge in [-0.05, 0) is 90.9 Å². The summed E-state index contributed by atoms with van der Waals surface area (Å²) in [6.07, 6.45) is 9.73. The second-order valence-electron chi connectivity index (χ2n) is 15.9. The molecule has 1 fully saturated rings. The normalized spacial score (nSPS) is 14.0. The monoisotopic (exact) mass is 913 g/mol. The third kappa shape index (κ3) is 11.8. The molecule has 65 heavy (non-hydrogen) atoms. The first-order chi connectivity index (χ1) is 31.5. The SMILES string of the molecule is CN=Cc1cncc(COc2cc(OCc3cccc(-c4cccc(COc5cc(OCc6cncc(C#N)c6)c(CN6CCCC(C(=O)O)C6)cc5Cl)c4C)c3C)c(Cl)cc2CO)c1. The van der Waals surface area contributed by atoms with Gasteiger partial charge in [0, 0.05) is 91.1 Å². The van der Waals surface area contributed by atoms with Gasteiger partial charge in [0.2, 0.25) is 0 Å². The summed E-state index contributed by atoms with van der Waals surface area (Å²) in [6, 6.07) is 25.0. The summed E-state index contributed by atoms with van der Waals surface area (Å²) in [5.74, 6) is 0.624. The maximum Gasteiger partial charge on any atom is 0.307 e. The average Bonchev–Trinajstić information content (AvgIpc) is 3.31. The average molecular weight is 915 g/mol. The number of ether oxygens (including phenoxy) is 4. The molecule has 0 saturated carbocycles. The van der Waals surface area contributed by atoms with Gasteiger partial charge in [0.05, 0.1) is 28.1 Å². The summed E-state index contributed by atoms with van der Waals surface area (Å²) in [5, 5.41) is 29.9. The minimum atomic E-state index is -0.794. The molecule has 1 unspecified atom stereocenters. The number of rotatable bonds is 18. The molecule has 2 N–H and O–H groups in total. The van der Waals surface area contributed by atoms with Crippen LogP contribution < -0.4 is 18.9 Å². The van der Waals surface area contributed by atoms with E-state index >= 15 is 0 Å². The maximum absolute atomic E-state index is 11.8. The Morgan fingerprint density at radius 3 is 1.94 bits per heavy atom. The number of aliphatic hydroxyl groups excluding tert-OH is 1. The van der Waals surface area contributed by atoms with Gasteiger partial charge in [0.1, 0.15) is 55.5 Å². The van der Waals surface area contributed by atoms with E-state index in [1.54, 1.807) is 56.1 Å². The Labute approximate surface area is 388 Å². The predicted molar refractivity (Wildman–Crippen MR) is 250 cm³/mol. The van der Waals surface area contributed by atoms with Crippen LogP contribution in [0.3, 0.4) is 0 Å². The van der Waals surface area contributed by atoms with Crippen LogP contribution >= 0.6 is 23.2 Å². The van der Waals surface area contributed by atoms with Gasteiger partial charge in [-0.1, -0.05) is 59.6 Å². The van der Waals surface area contributed by atoms with E-state index in [4.69, 9.17) is 42.1 Å². The van der Waals surface area contributed by atoms with Crippen LogP contribution in [0.1, 0.15) is 68.5 Å². The van der Waals surface area contributed by atoms with Crippen LogP contribution in [0, 0.1) is 31.1 Å². The van der Waals surface area contributed by atoms with E-state index in [9.17, 15) is 20.3 Å². The van der Waals surface area contributed by atoms with Crippen LogP contribution in [0.4, 0.5) is 0 Å². The van der Waals surface area contributed by atoms with E-state index in [1.807, 2.05) is 36.4 Å². The number of aliphatic hydroxyl groups is 1. The standard InChI is InChI=1S/C51H49Cl2N5O7/c1-32-39(30-64-49-17-47(62-28-36-13-34(19-54)21-56-23-36)41(15-45(49)52)26-58-12-6-9-38(25-58)51(60)61)7-4-10-43(32)44-11-5-8-40(33(44)2)31-65-50-18-48(42(27-59)16-46(50)53)63-29-37-14-35(20-55-3)22-57-24-37/h4-5,7-8,10-11,13-18,20-24,38,59H,6,9,12,25-31H2,1-3H3,(H,60,61). The second-order valence-corrected chi connectivity index (χ2v) is 16.7. The molecule has 6 aromatic rings. The molecule has 7 rings (SSSR count). The largest absolute Gasteiger partial charge is 0.488 e. The van der Waals surface area contributed by atoms with E-state index < -0.39 is 11.9 Å². The fourth-order valence-corrected chi connectivity index (χ4v) is 8.34. The molecule has 0 amide bonds. The Morgan fingerprint density at radius 1 is 0.785 bits per heavy atom. The molecule has 1 atom stereocenters. The number of aliphatic imine (C=N–C) groups is 1. The number of likely N-dealkylation sites (tertiary alicyclic amines) is 1. The number of nitrogens with zero attached hydrogens (tertiary/aromatic N) is 5. The van der Waals surface area contributed by atoms with Gasteiger partial charge in [0.15, 0.2) is 0 Å². The lowest BCUT2D eigenvalue weighted by Crippen LogP contribution is -2.38. The van der Waals surface area contributed by atoms with Gasteiger partial charge in [-0.2, -0.15) is 5.26 Å². The molecular weight excluding hydrogens is 865 g/mol. The third-order valence-corrected chi connectivity index (χ3v) is 12.0. The smallest absolute Gasteiger partial charge is 0.307 e. The van der Waals surface area contributed by atoms with Crippen LogP contribution in [-0.4, -0.2) is 57.4 Å². The van der Waals surface area contributed by atoms with Crippen molar-refractivity contribution in [2.75, 3.05) is 20.1 Å². The Bertz CT molecular complexity index is 2740. The van der Waals surface area contributed by atoms with Crippen LogP contribution in [0.15, 0.2) is 103 Å². The highest BCUT2D eigenvalue weighted by Gasteiger charge is 2.26. The van der Waals surface area contributed by atoms with E-state index in [-0.39, 0.29) is 33.0 Å². The summed E-state index contributed by atoms with van der Waals surface area (Å²) in [5.41, 5.74) is 10.3. The predicted octanol–water partition coefficient (Wildman–Crippen LogP) is 10.1. The minimum Gasteiger partial charge on any atom is -0.488 e. The quantitative estimate of drug-likeness (QED) is 0.0790. The number of hydrogen-bond acceptors (Lipinski definition) is 11. The fraction of sp³-hybridized carbons (Fsp3) is 0.275. The van der Waals surface area contributed by atoms with Crippen LogP contribution in [0.25, 0.3) is 11.1 Å². The van der Waals surface area contributed by atoms with Gasteiger partial charge >= 0.3 is 5.97 Å². The van der Waals surface area contributed by atoms with Gasteiger partial charge in [-0.25, -0.2) is 0 Å². The summed E-state index contributed by atoms with van der Waals surface area (Å²) < 4.78 is 25.2. The Morgan fingerprint density at radius 2 is 1.35 bits per heavy atom. The fourth-order valence-electron chi connectivity index (χ4n) is 7.86. The molecule has 12 nitrogen and oxygen atoms in total.